The van der Waals surface area contributed by atoms with E-state index in [1.165, 1.54) is 0 Å². The molecule has 0 saturated heterocycles. The lowest BCUT2D eigenvalue weighted by atomic mass is 9.96. The number of hydrogen-bond acceptors (Lipinski definition) is 2. The van der Waals surface area contributed by atoms with Crippen LogP contribution in [0.15, 0.2) is 6.07 Å². The summed E-state index contributed by atoms with van der Waals surface area (Å²) in [5, 5.41) is 19.2. The summed E-state index contributed by atoms with van der Waals surface area (Å²) in [5.41, 5.74) is 1.63. The molecule has 1 rings (SSSR count). The fraction of sp³-hybridized carbons (Fsp3) is 0.364. The van der Waals surface area contributed by atoms with Gasteiger partial charge in [-0.1, -0.05) is 25.4 Å². The van der Waals surface area contributed by atoms with Gasteiger partial charge in [0, 0.05) is 5.02 Å². The summed E-state index contributed by atoms with van der Waals surface area (Å²) in [4.78, 5) is 0. The number of phenols is 1. The molecule has 0 unspecified atom stereocenters. The number of halogens is 1. The van der Waals surface area contributed by atoms with Crippen LogP contribution in [0.25, 0.3) is 0 Å². The molecule has 14 heavy (non-hydrogen) atoms. The minimum Gasteiger partial charge on any atom is -0.506 e. The fourth-order valence-corrected chi connectivity index (χ4v) is 1.54. The lowest BCUT2D eigenvalue weighted by molar-refractivity contribution is 0.462. The Morgan fingerprint density at radius 1 is 1.50 bits per heavy atom. The summed E-state index contributed by atoms with van der Waals surface area (Å²) in [6, 6.07) is 3.69. The molecule has 1 aromatic carbocycles. The van der Waals surface area contributed by atoms with Gasteiger partial charge in [0.2, 0.25) is 0 Å². The number of phenolic OH excluding ortho intramolecular Hbond substituents is 1. The molecular formula is C11H12ClNO. The molecule has 1 aromatic rings. The first kappa shape index (κ1) is 10.9. The molecule has 0 atom stereocenters. The van der Waals surface area contributed by atoms with Gasteiger partial charge in [0.05, 0.1) is 5.56 Å². The van der Waals surface area contributed by atoms with Gasteiger partial charge in [-0.25, -0.2) is 0 Å². The van der Waals surface area contributed by atoms with Gasteiger partial charge >= 0.3 is 0 Å². The molecular weight excluding hydrogens is 198 g/mol. The Kier molecular flexibility index (Phi) is 3.03. The second-order valence-electron chi connectivity index (χ2n) is 3.56. The summed E-state index contributed by atoms with van der Waals surface area (Å²) < 4.78 is 0. The quantitative estimate of drug-likeness (QED) is 0.771. The van der Waals surface area contributed by atoms with E-state index in [0.717, 1.165) is 5.56 Å². The monoisotopic (exact) mass is 209 g/mol. The van der Waals surface area contributed by atoms with E-state index in [2.05, 4.69) is 0 Å². The van der Waals surface area contributed by atoms with E-state index in [1.807, 2.05) is 19.9 Å². The van der Waals surface area contributed by atoms with Crippen LogP contribution in [0.1, 0.15) is 36.5 Å². The third-order valence-electron chi connectivity index (χ3n) is 2.26. The molecule has 0 fully saturated rings. The molecule has 0 aromatic heterocycles. The van der Waals surface area contributed by atoms with Crippen LogP contribution in [-0.4, -0.2) is 5.11 Å². The number of hydrogen-bond donors (Lipinski definition) is 1. The second-order valence-corrected chi connectivity index (χ2v) is 3.97. The van der Waals surface area contributed by atoms with E-state index in [1.54, 1.807) is 13.0 Å². The molecule has 0 bridgehead atoms. The molecule has 0 aliphatic heterocycles. The van der Waals surface area contributed by atoms with Gasteiger partial charge in [0.1, 0.15) is 11.8 Å². The molecule has 74 valence electrons. The Balaban J connectivity index is 3.53. The van der Waals surface area contributed by atoms with E-state index >= 15 is 0 Å². The zero-order valence-corrected chi connectivity index (χ0v) is 9.18. The maximum absolute atomic E-state index is 9.78. The van der Waals surface area contributed by atoms with Crippen molar-refractivity contribution < 1.29 is 5.11 Å². The van der Waals surface area contributed by atoms with Gasteiger partial charge in [0.15, 0.2) is 0 Å². The Morgan fingerprint density at radius 3 is 2.50 bits per heavy atom. The highest BCUT2D eigenvalue weighted by molar-refractivity contribution is 6.31. The Hall–Kier alpha value is -1.20. The number of nitrogens with zero attached hydrogens (tertiary/aromatic N) is 1. The molecule has 0 heterocycles. The number of rotatable bonds is 1. The van der Waals surface area contributed by atoms with E-state index < -0.39 is 0 Å². The molecule has 2 nitrogen and oxygen atoms in total. The van der Waals surface area contributed by atoms with Gasteiger partial charge < -0.3 is 5.11 Å². The SMILES string of the molecule is Cc1c(Cl)cc(C(C)C)c(O)c1C#N. The Labute approximate surface area is 88.7 Å². The molecule has 0 spiro atoms. The Bertz CT molecular complexity index is 405. The highest BCUT2D eigenvalue weighted by Crippen LogP contribution is 2.34. The molecule has 0 saturated carbocycles. The summed E-state index contributed by atoms with van der Waals surface area (Å²) in [6.45, 7) is 5.62. The van der Waals surface area contributed by atoms with Gasteiger partial charge in [-0.2, -0.15) is 5.26 Å². The predicted octanol–water partition coefficient (Wildman–Crippen LogP) is 3.35. The molecule has 3 heteroatoms. The van der Waals surface area contributed by atoms with Crippen LogP contribution in [0.2, 0.25) is 5.02 Å². The maximum atomic E-state index is 9.78. The van der Waals surface area contributed by atoms with Crippen molar-refractivity contribution in [2.75, 3.05) is 0 Å². The zero-order chi connectivity index (χ0) is 10.9. The highest BCUT2D eigenvalue weighted by atomic mass is 35.5. The van der Waals surface area contributed by atoms with Crippen LogP contribution in [-0.2, 0) is 0 Å². The van der Waals surface area contributed by atoms with Gasteiger partial charge in [-0.15, -0.1) is 0 Å². The molecule has 0 aliphatic rings. The second kappa shape index (κ2) is 3.89. The molecule has 0 amide bonds. The summed E-state index contributed by atoms with van der Waals surface area (Å²) >= 11 is 5.95. The summed E-state index contributed by atoms with van der Waals surface area (Å²) in [6.07, 6.45) is 0. The average Bonchev–Trinajstić information content (AvgIpc) is 2.12. The third-order valence-corrected chi connectivity index (χ3v) is 2.65. The van der Waals surface area contributed by atoms with Crippen LogP contribution in [0, 0.1) is 18.3 Å². The van der Waals surface area contributed by atoms with Crippen LogP contribution in [0.3, 0.4) is 0 Å². The summed E-state index contributed by atoms with van der Waals surface area (Å²) in [7, 11) is 0. The first-order chi connectivity index (χ1) is 6.49. The number of nitriles is 1. The lowest BCUT2D eigenvalue weighted by Gasteiger charge is -2.12. The van der Waals surface area contributed by atoms with Crippen molar-refractivity contribution in [1.29, 1.82) is 5.26 Å². The molecule has 0 radical (unpaired) electrons. The van der Waals surface area contributed by atoms with Crippen LogP contribution >= 0.6 is 11.6 Å². The van der Waals surface area contributed by atoms with Crippen molar-refractivity contribution in [2.45, 2.75) is 26.7 Å². The minimum atomic E-state index is 0.0596. The third kappa shape index (κ3) is 1.69. The fourth-order valence-electron chi connectivity index (χ4n) is 1.33. The average molecular weight is 210 g/mol. The molecule has 1 N–H and O–H groups in total. The number of aromatic hydroxyl groups is 1. The van der Waals surface area contributed by atoms with E-state index in [-0.39, 0.29) is 17.2 Å². The van der Waals surface area contributed by atoms with Crippen molar-refractivity contribution >= 4 is 11.6 Å². The van der Waals surface area contributed by atoms with Crippen molar-refractivity contribution in [2.24, 2.45) is 0 Å². The molecule has 0 aliphatic carbocycles. The normalized spacial score (nSPS) is 10.3. The predicted molar refractivity (Wildman–Crippen MR) is 56.7 cm³/mol. The van der Waals surface area contributed by atoms with Crippen LogP contribution in [0.5, 0.6) is 5.75 Å². The van der Waals surface area contributed by atoms with E-state index in [4.69, 9.17) is 16.9 Å². The van der Waals surface area contributed by atoms with Gasteiger partial charge in [0.25, 0.3) is 0 Å². The van der Waals surface area contributed by atoms with Crippen LogP contribution in [0.4, 0.5) is 0 Å². The van der Waals surface area contributed by atoms with E-state index in [9.17, 15) is 5.11 Å². The first-order valence-electron chi connectivity index (χ1n) is 4.41. The van der Waals surface area contributed by atoms with Gasteiger partial charge in [-0.05, 0) is 30.0 Å². The minimum absolute atomic E-state index is 0.0596. The largest absolute Gasteiger partial charge is 0.506 e. The lowest BCUT2D eigenvalue weighted by Crippen LogP contribution is -1.94. The van der Waals surface area contributed by atoms with Crippen LogP contribution < -0.4 is 0 Å². The highest BCUT2D eigenvalue weighted by Gasteiger charge is 2.15. The van der Waals surface area contributed by atoms with Crippen molar-refractivity contribution in [3.8, 4) is 11.8 Å². The summed E-state index contributed by atoms with van der Waals surface area (Å²) in [5.74, 6) is 0.213. The standard InChI is InChI=1S/C11H12ClNO/c1-6(2)8-4-10(12)7(3)9(5-13)11(8)14/h4,6,14H,1-3H3. The van der Waals surface area contributed by atoms with Gasteiger partial charge in [-0.3, -0.25) is 0 Å². The van der Waals surface area contributed by atoms with Crippen molar-refractivity contribution in [3.05, 3.63) is 27.8 Å². The maximum Gasteiger partial charge on any atom is 0.137 e. The van der Waals surface area contributed by atoms with E-state index in [0.29, 0.717) is 10.6 Å². The van der Waals surface area contributed by atoms with Crippen molar-refractivity contribution in [1.82, 2.24) is 0 Å². The smallest absolute Gasteiger partial charge is 0.137 e. The Morgan fingerprint density at radius 2 is 2.07 bits per heavy atom. The zero-order valence-electron chi connectivity index (χ0n) is 8.43. The number of benzene rings is 1. The topological polar surface area (TPSA) is 44.0 Å². The van der Waals surface area contributed by atoms with Crippen molar-refractivity contribution in [3.63, 3.8) is 0 Å². The first-order valence-corrected chi connectivity index (χ1v) is 4.78.